The van der Waals surface area contributed by atoms with Gasteiger partial charge in [0.05, 0.1) is 0 Å². The average Bonchev–Trinajstić information content (AvgIpc) is 2.67. The van der Waals surface area contributed by atoms with Crippen molar-refractivity contribution in [2.24, 2.45) is 0 Å². The Kier molecular flexibility index (Phi) is 6.42. The van der Waals surface area contributed by atoms with Crippen molar-refractivity contribution >= 4 is 5.57 Å². The number of ether oxygens (including phenoxy) is 2. The largest absolute Gasteiger partial charge is 0.467 e. The van der Waals surface area contributed by atoms with Crippen molar-refractivity contribution in [1.82, 2.24) is 4.90 Å². The maximum Gasteiger partial charge on any atom is 0.188 e. The standard InChI is InChI=1S/C22H26FNO2/c1-24-13-7-6-10-19(24)15-20(17-8-4-3-5-9-17)21-14-18(23)11-12-22(21)26-16-25-2/h3-5,8-9,11-12,14-15,19H,6-7,10,13,16H2,1-2H3. The lowest BCUT2D eigenvalue weighted by atomic mass is 9.92. The highest BCUT2D eigenvalue weighted by Gasteiger charge is 2.20. The minimum atomic E-state index is -0.274. The molecule has 0 N–H and O–H groups in total. The Hall–Kier alpha value is -2.17. The maximum absolute atomic E-state index is 14.1. The number of rotatable bonds is 6. The third kappa shape index (κ3) is 4.51. The van der Waals surface area contributed by atoms with Gasteiger partial charge in [-0.15, -0.1) is 0 Å². The number of halogens is 1. The molecular weight excluding hydrogens is 329 g/mol. The van der Waals surface area contributed by atoms with Gasteiger partial charge in [0, 0.05) is 18.7 Å². The van der Waals surface area contributed by atoms with Gasteiger partial charge in [0.1, 0.15) is 11.6 Å². The van der Waals surface area contributed by atoms with Crippen LogP contribution in [0.3, 0.4) is 0 Å². The minimum absolute atomic E-state index is 0.129. The number of likely N-dealkylation sites (N-methyl/N-ethyl adjacent to an activating group) is 1. The Morgan fingerprint density at radius 3 is 2.73 bits per heavy atom. The monoisotopic (exact) mass is 355 g/mol. The Balaban J connectivity index is 2.08. The maximum atomic E-state index is 14.1. The average molecular weight is 355 g/mol. The van der Waals surface area contributed by atoms with Gasteiger partial charge in [-0.2, -0.15) is 0 Å². The van der Waals surface area contributed by atoms with Gasteiger partial charge >= 0.3 is 0 Å². The van der Waals surface area contributed by atoms with E-state index in [0.29, 0.717) is 11.8 Å². The first-order valence-corrected chi connectivity index (χ1v) is 9.08. The molecule has 0 spiro atoms. The molecule has 3 nitrogen and oxygen atoms in total. The number of benzene rings is 2. The number of hydrogen-bond donors (Lipinski definition) is 0. The van der Waals surface area contributed by atoms with Crippen LogP contribution in [-0.2, 0) is 4.74 Å². The van der Waals surface area contributed by atoms with E-state index >= 15 is 0 Å². The second-order valence-electron chi connectivity index (χ2n) is 6.68. The van der Waals surface area contributed by atoms with E-state index < -0.39 is 0 Å². The Bertz CT molecular complexity index is 745. The fourth-order valence-electron chi connectivity index (χ4n) is 3.42. The summed E-state index contributed by atoms with van der Waals surface area (Å²) in [5.41, 5.74) is 2.81. The van der Waals surface area contributed by atoms with E-state index in [2.05, 4.69) is 30.2 Å². The van der Waals surface area contributed by atoms with Crippen LogP contribution in [0.4, 0.5) is 4.39 Å². The number of methoxy groups -OCH3 is 1. The highest BCUT2D eigenvalue weighted by atomic mass is 19.1. The molecule has 138 valence electrons. The molecule has 1 aliphatic heterocycles. The summed E-state index contributed by atoms with van der Waals surface area (Å²) in [7, 11) is 3.73. The van der Waals surface area contributed by atoms with Crippen LogP contribution in [0.25, 0.3) is 5.57 Å². The van der Waals surface area contributed by atoms with Gasteiger partial charge in [-0.3, -0.25) is 4.90 Å². The fourth-order valence-corrected chi connectivity index (χ4v) is 3.42. The van der Waals surface area contributed by atoms with Crippen molar-refractivity contribution < 1.29 is 13.9 Å². The molecule has 1 unspecified atom stereocenters. The number of likely N-dealkylation sites (tertiary alicyclic amines) is 1. The lowest BCUT2D eigenvalue weighted by Crippen LogP contribution is -2.34. The predicted octanol–water partition coefficient (Wildman–Crippen LogP) is 4.72. The normalized spacial score (nSPS) is 18.7. The number of piperidine rings is 1. The summed E-state index contributed by atoms with van der Waals surface area (Å²) in [4.78, 5) is 2.36. The van der Waals surface area contributed by atoms with Gasteiger partial charge in [-0.05, 0) is 55.8 Å². The SMILES string of the molecule is COCOc1ccc(F)cc1C(=CC1CCCCN1C)c1ccccc1. The summed E-state index contributed by atoms with van der Waals surface area (Å²) >= 11 is 0. The summed E-state index contributed by atoms with van der Waals surface area (Å²) in [5, 5.41) is 0. The lowest BCUT2D eigenvalue weighted by Gasteiger charge is -2.31. The highest BCUT2D eigenvalue weighted by Crippen LogP contribution is 2.33. The van der Waals surface area contributed by atoms with Crippen LogP contribution in [0.15, 0.2) is 54.6 Å². The Labute approximate surface area is 155 Å². The minimum Gasteiger partial charge on any atom is -0.467 e. The molecule has 0 saturated carbocycles. The quantitative estimate of drug-likeness (QED) is 0.700. The Morgan fingerprint density at radius 2 is 2.00 bits per heavy atom. The zero-order valence-electron chi connectivity index (χ0n) is 15.5. The van der Waals surface area contributed by atoms with Gasteiger partial charge < -0.3 is 9.47 Å². The van der Waals surface area contributed by atoms with Crippen molar-refractivity contribution in [1.29, 1.82) is 0 Å². The first-order valence-electron chi connectivity index (χ1n) is 9.08. The van der Waals surface area contributed by atoms with Crippen molar-refractivity contribution in [3.05, 3.63) is 71.6 Å². The Morgan fingerprint density at radius 1 is 1.19 bits per heavy atom. The molecule has 26 heavy (non-hydrogen) atoms. The smallest absolute Gasteiger partial charge is 0.188 e. The van der Waals surface area contributed by atoms with Gasteiger partial charge in [0.15, 0.2) is 6.79 Å². The predicted molar refractivity (Wildman–Crippen MR) is 103 cm³/mol. The van der Waals surface area contributed by atoms with Crippen LogP contribution in [0.1, 0.15) is 30.4 Å². The van der Waals surface area contributed by atoms with E-state index in [1.807, 2.05) is 18.2 Å². The second kappa shape index (κ2) is 8.97. The summed E-state index contributed by atoms with van der Waals surface area (Å²) in [5.74, 6) is 0.352. The summed E-state index contributed by atoms with van der Waals surface area (Å²) in [6.45, 7) is 1.21. The molecule has 3 rings (SSSR count). The highest BCUT2D eigenvalue weighted by molar-refractivity contribution is 5.83. The molecular formula is C22H26FNO2. The molecule has 2 aromatic carbocycles. The van der Waals surface area contributed by atoms with Crippen molar-refractivity contribution in [3.8, 4) is 5.75 Å². The molecule has 0 bridgehead atoms. The number of hydrogen-bond acceptors (Lipinski definition) is 3. The topological polar surface area (TPSA) is 21.7 Å². The van der Waals surface area contributed by atoms with Gasteiger partial charge in [0.25, 0.3) is 0 Å². The molecule has 1 heterocycles. The summed E-state index contributed by atoms with van der Waals surface area (Å²) in [6, 6.07) is 15.1. The third-order valence-corrected chi connectivity index (χ3v) is 4.83. The van der Waals surface area contributed by atoms with Crippen molar-refractivity contribution in [2.75, 3.05) is 27.5 Å². The lowest BCUT2D eigenvalue weighted by molar-refractivity contribution is 0.0508. The van der Waals surface area contributed by atoms with Gasteiger partial charge in [-0.25, -0.2) is 4.39 Å². The summed E-state index contributed by atoms with van der Waals surface area (Å²) in [6.07, 6.45) is 5.80. The zero-order chi connectivity index (χ0) is 18.4. The first-order chi connectivity index (χ1) is 12.7. The molecule has 4 heteroatoms. The van der Waals surface area contributed by atoms with Crippen LogP contribution < -0.4 is 4.74 Å². The van der Waals surface area contributed by atoms with Gasteiger partial charge in [-0.1, -0.05) is 42.8 Å². The van der Waals surface area contributed by atoms with E-state index in [1.54, 1.807) is 19.2 Å². The van der Waals surface area contributed by atoms with E-state index in [0.717, 1.165) is 29.7 Å². The molecule has 0 amide bonds. The molecule has 2 aromatic rings. The molecule has 1 atom stereocenters. The zero-order valence-corrected chi connectivity index (χ0v) is 15.5. The van der Waals surface area contributed by atoms with Crippen molar-refractivity contribution in [2.45, 2.75) is 25.3 Å². The van der Waals surface area contributed by atoms with Crippen LogP contribution in [-0.4, -0.2) is 38.4 Å². The van der Waals surface area contributed by atoms with Gasteiger partial charge in [0.2, 0.25) is 0 Å². The third-order valence-electron chi connectivity index (χ3n) is 4.83. The summed E-state index contributed by atoms with van der Waals surface area (Å²) < 4.78 is 24.8. The molecule has 1 aliphatic rings. The van der Waals surface area contributed by atoms with Crippen LogP contribution in [0.2, 0.25) is 0 Å². The molecule has 1 fully saturated rings. The first kappa shape index (κ1) is 18.6. The van der Waals surface area contributed by atoms with Crippen LogP contribution in [0, 0.1) is 5.82 Å². The second-order valence-corrected chi connectivity index (χ2v) is 6.68. The van der Waals surface area contributed by atoms with Crippen LogP contribution in [0.5, 0.6) is 5.75 Å². The van der Waals surface area contributed by atoms with Crippen molar-refractivity contribution in [3.63, 3.8) is 0 Å². The van der Waals surface area contributed by atoms with E-state index in [4.69, 9.17) is 9.47 Å². The van der Waals surface area contributed by atoms with E-state index in [1.165, 1.54) is 18.9 Å². The molecule has 0 radical (unpaired) electrons. The molecule has 1 saturated heterocycles. The number of nitrogens with zero attached hydrogens (tertiary/aromatic N) is 1. The molecule has 0 aliphatic carbocycles. The molecule has 0 aromatic heterocycles. The fraction of sp³-hybridized carbons (Fsp3) is 0.364. The van der Waals surface area contributed by atoms with E-state index in [9.17, 15) is 4.39 Å². The van der Waals surface area contributed by atoms with Crippen LogP contribution >= 0.6 is 0 Å². The van der Waals surface area contributed by atoms with E-state index in [-0.39, 0.29) is 12.6 Å².